The molecular formula is C14H19NO6. The van der Waals surface area contributed by atoms with Crippen LogP contribution in [0.1, 0.15) is 26.7 Å². The predicted octanol–water partition coefficient (Wildman–Crippen LogP) is 0.758. The standard InChI is InChI=1S/C14H19NO6/c1-9(16)15-12(13(18)19)7-11-5-4-6-14(8-11,20-3)21-10(2)17/h4-6,12H,7-8H2,1-3H3,(H,15,16)(H,18,19). The molecule has 0 aromatic heterocycles. The molecular weight excluding hydrogens is 278 g/mol. The second-order valence-corrected chi connectivity index (χ2v) is 4.77. The van der Waals surface area contributed by atoms with Crippen LogP contribution in [-0.4, -0.2) is 41.9 Å². The number of carbonyl (C=O) groups is 3. The van der Waals surface area contributed by atoms with E-state index < -0.39 is 29.7 Å². The maximum atomic E-state index is 11.2. The lowest BCUT2D eigenvalue weighted by atomic mass is 9.93. The van der Waals surface area contributed by atoms with Crippen LogP contribution < -0.4 is 5.32 Å². The number of carboxylic acids is 1. The van der Waals surface area contributed by atoms with Gasteiger partial charge in [0.1, 0.15) is 6.04 Å². The number of methoxy groups -OCH3 is 1. The van der Waals surface area contributed by atoms with Crippen LogP contribution in [0.3, 0.4) is 0 Å². The molecule has 0 saturated carbocycles. The fraction of sp³-hybridized carbons (Fsp3) is 0.500. The van der Waals surface area contributed by atoms with Crippen molar-refractivity contribution in [2.24, 2.45) is 0 Å². The quantitative estimate of drug-likeness (QED) is 0.554. The van der Waals surface area contributed by atoms with Crippen LogP contribution in [0.25, 0.3) is 0 Å². The second kappa shape index (κ2) is 7.03. The summed E-state index contributed by atoms with van der Waals surface area (Å²) in [6.07, 6.45) is 5.26. The van der Waals surface area contributed by atoms with Crippen molar-refractivity contribution >= 4 is 17.8 Å². The number of hydrogen-bond donors (Lipinski definition) is 2. The van der Waals surface area contributed by atoms with Gasteiger partial charge in [0.15, 0.2) is 0 Å². The Bertz CT molecular complexity index is 496. The molecule has 1 aliphatic carbocycles. The Labute approximate surface area is 122 Å². The topological polar surface area (TPSA) is 102 Å². The number of hydrogen-bond acceptors (Lipinski definition) is 5. The van der Waals surface area contributed by atoms with Crippen LogP contribution in [0.15, 0.2) is 23.8 Å². The third-order valence-corrected chi connectivity index (χ3v) is 2.96. The SMILES string of the molecule is COC1(OC(C)=O)C=CC=C(CC(NC(C)=O)C(=O)O)C1. The first-order chi connectivity index (χ1) is 9.78. The van der Waals surface area contributed by atoms with E-state index in [2.05, 4.69) is 5.32 Å². The normalized spacial score (nSPS) is 22.1. The molecule has 7 nitrogen and oxygen atoms in total. The summed E-state index contributed by atoms with van der Waals surface area (Å²) >= 11 is 0. The Hall–Kier alpha value is -2.15. The van der Waals surface area contributed by atoms with Crippen molar-refractivity contribution in [3.8, 4) is 0 Å². The average Bonchev–Trinajstić information content (AvgIpc) is 2.37. The van der Waals surface area contributed by atoms with Gasteiger partial charge in [0, 0.05) is 27.4 Å². The zero-order chi connectivity index (χ0) is 16.0. The van der Waals surface area contributed by atoms with E-state index in [4.69, 9.17) is 14.6 Å². The Morgan fingerprint density at radius 2 is 2.10 bits per heavy atom. The Morgan fingerprint density at radius 3 is 2.57 bits per heavy atom. The summed E-state index contributed by atoms with van der Waals surface area (Å²) in [5, 5.41) is 11.5. The van der Waals surface area contributed by atoms with Crippen molar-refractivity contribution in [3.63, 3.8) is 0 Å². The first kappa shape index (κ1) is 16.9. The Kier molecular flexibility index (Phi) is 5.66. The average molecular weight is 297 g/mol. The summed E-state index contributed by atoms with van der Waals surface area (Å²) in [5.74, 6) is -3.28. The molecule has 0 bridgehead atoms. The summed E-state index contributed by atoms with van der Waals surface area (Å²) in [7, 11) is 1.40. The van der Waals surface area contributed by atoms with Gasteiger partial charge in [-0.05, 0) is 12.5 Å². The molecule has 0 aliphatic heterocycles. The number of aliphatic carboxylic acids is 1. The largest absolute Gasteiger partial charge is 0.480 e. The van der Waals surface area contributed by atoms with Crippen LogP contribution in [0.5, 0.6) is 0 Å². The molecule has 1 aliphatic rings. The Morgan fingerprint density at radius 1 is 1.43 bits per heavy atom. The number of carbonyl (C=O) groups excluding carboxylic acids is 2. The molecule has 2 atom stereocenters. The first-order valence-corrected chi connectivity index (χ1v) is 6.40. The van der Waals surface area contributed by atoms with Gasteiger partial charge in [0.25, 0.3) is 0 Å². The summed E-state index contributed by atoms with van der Waals surface area (Å²) < 4.78 is 10.4. The number of carboxylic acid groups (broad SMARTS) is 1. The smallest absolute Gasteiger partial charge is 0.326 e. The lowest BCUT2D eigenvalue weighted by Crippen LogP contribution is -2.41. The number of rotatable bonds is 6. The highest BCUT2D eigenvalue weighted by Gasteiger charge is 2.34. The minimum Gasteiger partial charge on any atom is -0.480 e. The number of amides is 1. The lowest BCUT2D eigenvalue weighted by Gasteiger charge is -2.32. The zero-order valence-corrected chi connectivity index (χ0v) is 12.2. The molecule has 7 heteroatoms. The maximum absolute atomic E-state index is 11.2. The van der Waals surface area contributed by atoms with Gasteiger partial charge < -0.3 is 19.9 Å². The van der Waals surface area contributed by atoms with E-state index in [0.717, 1.165) is 0 Å². The number of nitrogens with one attached hydrogen (secondary N) is 1. The minimum atomic E-state index is -1.23. The summed E-state index contributed by atoms with van der Waals surface area (Å²) in [5.41, 5.74) is 0.696. The second-order valence-electron chi connectivity index (χ2n) is 4.77. The molecule has 1 rings (SSSR count). The molecule has 2 N–H and O–H groups in total. The van der Waals surface area contributed by atoms with Crippen molar-refractivity contribution < 1.29 is 29.0 Å². The summed E-state index contributed by atoms with van der Waals surface area (Å²) in [6.45, 7) is 2.52. The predicted molar refractivity (Wildman–Crippen MR) is 73.2 cm³/mol. The van der Waals surface area contributed by atoms with Crippen molar-refractivity contribution in [1.82, 2.24) is 5.32 Å². The number of ether oxygens (including phenoxy) is 2. The zero-order valence-electron chi connectivity index (χ0n) is 12.2. The van der Waals surface area contributed by atoms with Crippen molar-refractivity contribution in [2.75, 3.05) is 7.11 Å². The van der Waals surface area contributed by atoms with Crippen molar-refractivity contribution in [3.05, 3.63) is 23.8 Å². The van der Waals surface area contributed by atoms with Gasteiger partial charge in [-0.15, -0.1) is 0 Å². The Balaban J connectivity index is 2.82. The fourth-order valence-electron chi connectivity index (χ4n) is 2.11. The van der Waals surface area contributed by atoms with E-state index in [-0.39, 0.29) is 12.8 Å². The molecule has 116 valence electrons. The third-order valence-electron chi connectivity index (χ3n) is 2.96. The van der Waals surface area contributed by atoms with Gasteiger partial charge in [-0.2, -0.15) is 0 Å². The molecule has 0 aromatic carbocycles. The highest BCUT2D eigenvalue weighted by Crippen LogP contribution is 2.30. The summed E-state index contributed by atoms with van der Waals surface area (Å²) in [6, 6.07) is -1.04. The van der Waals surface area contributed by atoms with Gasteiger partial charge in [-0.3, -0.25) is 9.59 Å². The van der Waals surface area contributed by atoms with E-state index in [1.54, 1.807) is 18.2 Å². The van der Waals surface area contributed by atoms with E-state index in [1.807, 2.05) is 0 Å². The van der Waals surface area contributed by atoms with Gasteiger partial charge in [0.05, 0.1) is 0 Å². The van der Waals surface area contributed by atoms with E-state index in [9.17, 15) is 14.4 Å². The highest BCUT2D eigenvalue weighted by molar-refractivity contribution is 5.82. The van der Waals surface area contributed by atoms with Gasteiger partial charge in [0.2, 0.25) is 11.7 Å². The monoisotopic (exact) mass is 297 g/mol. The van der Waals surface area contributed by atoms with Crippen molar-refractivity contribution in [2.45, 2.75) is 38.5 Å². The minimum absolute atomic E-state index is 0.103. The summed E-state index contributed by atoms with van der Waals surface area (Å²) in [4.78, 5) is 33.3. The molecule has 0 saturated heterocycles. The third kappa shape index (κ3) is 5.03. The van der Waals surface area contributed by atoms with Gasteiger partial charge >= 0.3 is 11.9 Å². The van der Waals surface area contributed by atoms with E-state index in [0.29, 0.717) is 5.57 Å². The molecule has 2 unspecified atom stereocenters. The molecule has 0 spiro atoms. The van der Waals surface area contributed by atoms with E-state index in [1.165, 1.54) is 21.0 Å². The molecule has 0 heterocycles. The molecule has 0 radical (unpaired) electrons. The van der Waals surface area contributed by atoms with Crippen LogP contribution in [0, 0.1) is 0 Å². The van der Waals surface area contributed by atoms with E-state index >= 15 is 0 Å². The van der Waals surface area contributed by atoms with Crippen LogP contribution in [0.4, 0.5) is 0 Å². The van der Waals surface area contributed by atoms with Gasteiger partial charge in [-0.25, -0.2) is 4.79 Å². The number of esters is 1. The van der Waals surface area contributed by atoms with Crippen LogP contribution >= 0.6 is 0 Å². The fourth-order valence-corrected chi connectivity index (χ4v) is 2.11. The molecule has 21 heavy (non-hydrogen) atoms. The van der Waals surface area contributed by atoms with Gasteiger partial charge in [-0.1, -0.05) is 17.7 Å². The highest BCUT2D eigenvalue weighted by atomic mass is 16.7. The van der Waals surface area contributed by atoms with Crippen LogP contribution in [0.2, 0.25) is 0 Å². The van der Waals surface area contributed by atoms with Crippen LogP contribution in [-0.2, 0) is 23.9 Å². The maximum Gasteiger partial charge on any atom is 0.326 e. The molecule has 1 amide bonds. The lowest BCUT2D eigenvalue weighted by molar-refractivity contribution is -0.198. The first-order valence-electron chi connectivity index (χ1n) is 6.40. The number of allylic oxidation sites excluding steroid dienone is 2. The van der Waals surface area contributed by atoms with Crippen molar-refractivity contribution in [1.29, 1.82) is 0 Å². The molecule has 0 fully saturated rings. The molecule has 0 aromatic rings.